The SMILES string of the molecule is O=C(NCc1ccc(F)cc1C(F)(F)F)[C@@H]1CC(=O)N(c2ccc3c(c2)OCCO3)C1. The molecule has 2 heterocycles. The quantitative estimate of drug-likeness (QED) is 0.745. The highest BCUT2D eigenvalue weighted by atomic mass is 19.4. The third kappa shape index (κ3) is 4.42. The molecule has 10 heteroatoms. The molecule has 4 rings (SSSR count). The third-order valence-corrected chi connectivity index (χ3v) is 5.16. The van der Waals surface area contributed by atoms with Gasteiger partial charge >= 0.3 is 6.18 Å². The Morgan fingerprint density at radius 2 is 1.84 bits per heavy atom. The Balaban J connectivity index is 1.43. The van der Waals surface area contributed by atoms with Crippen molar-refractivity contribution in [1.29, 1.82) is 0 Å². The molecular formula is C21H18F4N2O4. The van der Waals surface area contributed by atoms with Crippen LogP contribution in [-0.2, 0) is 22.3 Å². The average Bonchev–Trinajstić information content (AvgIpc) is 3.13. The summed E-state index contributed by atoms with van der Waals surface area (Å²) in [5, 5.41) is 2.43. The Kier molecular flexibility index (Phi) is 5.47. The molecule has 0 radical (unpaired) electrons. The molecule has 1 N–H and O–H groups in total. The maximum Gasteiger partial charge on any atom is 0.416 e. The van der Waals surface area contributed by atoms with E-state index in [0.717, 1.165) is 12.1 Å². The number of fused-ring (bicyclic) bond motifs is 1. The minimum atomic E-state index is -4.75. The highest BCUT2D eigenvalue weighted by molar-refractivity contribution is 6.00. The highest BCUT2D eigenvalue weighted by Gasteiger charge is 2.37. The van der Waals surface area contributed by atoms with Crippen LogP contribution in [0.2, 0.25) is 0 Å². The number of halogens is 4. The van der Waals surface area contributed by atoms with Gasteiger partial charge in [-0.05, 0) is 29.8 Å². The summed E-state index contributed by atoms with van der Waals surface area (Å²) < 4.78 is 63.5. The minimum Gasteiger partial charge on any atom is -0.486 e. The predicted molar refractivity (Wildman–Crippen MR) is 101 cm³/mol. The van der Waals surface area contributed by atoms with Crippen LogP contribution in [0.5, 0.6) is 11.5 Å². The van der Waals surface area contributed by atoms with Gasteiger partial charge in [-0.2, -0.15) is 13.2 Å². The zero-order valence-electron chi connectivity index (χ0n) is 16.2. The fraction of sp³-hybridized carbons (Fsp3) is 0.333. The Morgan fingerprint density at radius 1 is 1.10 bits per heavy atom. The molecule has 0 bridgehead atoms. The van der Waals surface area contributed by atoms with Crippen molar-refractivity contribution in [2.45, 2.75) is 19.1 Å². The molecule has 1 saturated heterocycles. The maximum absolute atomic E-state index is 13.2. The molecule has 1 atom stereocenters. The first-order chi connectivity index (χ1) is 14.7. The Bertz CT molecular complexity index is 1020. The summed E-state index contributed by atoms with van der Waals surface area (Å²) in [5.74, 6) is -1.51. The summed E-state index contributed by atoms with van der Waals surface area (Å²) in [6, 6.07) is 7.29. The lowest BCUT2D eigenvalue weighted by Crippen LogP contribution is -2.33. The second-order valence-corrected chi connectivity index (χ2v) is 7.25. The van der Waals surface area contributed by atoms with Gasteiger partial charge in [0.05, 0.1) is 11.5 Å². The van der Waals surface area contributed by atoms with E-state index in [9.17, 15) is 27.2 Å². The van der Waals surface area contributed by atoms with Crippen LogP contribution in [0.25, 0.3) is 0 Å². The number of alkyl halides is 3. The monoisotopic (exact) mass is 438 g/mol. The van der Waals surface area contributed by atoms with E-state index < -0.39 is 35.9 Å². The lowest BCUT2D eigenvalue weighted by Gasteiger charge is -2.22. The van der Waals surface area contributed by atoms with Gasteiger partial charge in [0.25, 0.3) is 0 Å². The van der Waals surface area contributed by atoms with Gasteiger partial charge in [0.2, 0.25) is 11.8 Å². The zero-order chi connectivity index (χ0) is 22.2. The largest absolute Gasteiger partial charge is 0.486 e. The van der Waals surface area contributed by atoms with Crippen molar-refractivity contribution in [2.24, 2.45) is 5.92 Å². The number of ether oxygens (including phenoxy) is 2. The first-order valence-corrected chi connectivity index (χ1v) is 9.56. The molecular weight excluding hydrogens is 420 g/mol. The smallest absolute Gasteiger partial charge is 0.416 e. The van der Waals surface area contributed by atoms with Crippen molar-refractivity contribution in [1.82, 2.24) is 5.32 Å². The highest BCUT2D eigenvalue weighted by Crippen LogP contribution is 2.36. The van der Waals surface area contributed by atoms with Gasteiger partial charge < -0.3 is 19.7 Å². The van der Waals surface area contributed by atoms with Crippen LogP contribution in [0, 0.1) is 11.7 Å². The van der Waals surface area contributed by atoms with Crippen LogP contribution in [0.4, 0.5) is 23.2 Å². The molecule has 2 aromatic carbocycles. The molecule has 2 amide bonds. The average molecular weight is 438 g/mol. The second-order valence-electron chi connectivity index (χ2n) is 7.25. The van der Waals surface area contributed by atoms with Gasteiger partial charge in [0, 0.05) is 31.3 Å². The van der Waals surface area contributed by atoms with Crippen molar-refractivity contribution in [3.05, 3.63) is 53.3 Å². The van der Waals surface area contributed by atoms with Crippen LogP contribution in [0.15, 0.2) is 36.4 Å². The first-order valence-electron chi connectivity index (χ1n) is 9.56. The van der Waals surface area contributed by atoms with E-state index in [1.807, 2.05) is 0 Å². The summed E-state index contributed by atoms with van der Waals surface area (Å²) >= 11 is 0. The number of amides is 2. The van der Waals surface area contributed by atoms with E-state index in [4.69, 9.17) is 9.47 Å². The van der Waals surface area contributed by atoms with E-state index in [1.165, 1.54) is 4.90 Å². The van der Waals surface area contributed by atoms with Crippen molar-refractivity contribution in [2.75, 3.05) is 24.7 Å². The third-order valence-electron chi connectivity index (χ3n) is 5.16. The van der Waals surface area contributed by atoms with Crippen LogP contribution in [0.3, 0.4) is 0 Å². The molecule has 0 saturated carbocycles. The first kappa shape index (κ1) is 21.0. The lowest BCUT2D eigenvalue weighted by atomic mass is 10.1. The minimum absolute atomic E-state index is 0.0736. The van der Waals surface area contributed by atoms with Gasteiger partial charge in [-0.25, -0.2) is 4.39 Å². The van der Waals surface area contributed by atoms with Crippen LogP contribution < -0.4 is 19.7 Å². The van der Waals surface area contributed by atoms with Gasteiger partial charge in [0.15, 0.2) is 11.5 Å². The molecule has 0 unspecified atom stereocenters. The topological polar surface area (TPSA) is 67.9 Å². The van der Waals surface area contributed by atoms with E-state index >= 15 is 0 Å². The molecule has 0 aromatic heterocycles. The number of rotatable bonds is 4. The van der Waals surface area contributed by atoms with Crippen LogP contribution >= 0.6 is 0 Å². The normalized spacial score (nSPS) is 18.3. The van der Waals surface area contributed by atoms with E-state index in [-0.39, 0.29) is 24.4 Å². The Morgan fingerprint density at radius 3 is 2.58 bits per heavy atom. The second kappa shape index (κ2) is 8.09. The number of carbonyl (C=O) groups excluding carboxylic acids is 2. The Hall–Kier alpha value is -3.30. The van der Waals surface area contributed by atoms with Crippen molar-refractivity contribution >= 4 is 17.5 Å². The fourth-order valence-electron chi connectivity index (χ4n) is 3.63. The van der Waals surface area contributed by atoms with Crippen molar-refractivity contribution in [3.8, 4) is 11.5 Å². The zero-order valence-corrected chi connectivity index (χ0v) is 16.2. The number of hydrogen-bond donors (Lipinski definition) is 1. The summed E-state index contributed by atoms with van der Waals surface area (Å²) in [4.78, 5) is 26.4. The molecule has 0 aliphatic carbocycles. The number of anilines is 1. The van der Waals surface area contributed by atoms with Gasteiger partial charge in [0.1, 0.15) is 19.0 Å². The number of carbonyl (C=O) groups is 2. The van der Waals surface area contributed by atoms with E-state index in [2.05, 4.69) is 5.32 Å². The molecule has 2 aliphatic heterocycles. The number of nitrogens with zero attached hydrogens (tertiary/aromatic N) is 1. The molecule has 31 heavy (non-hydrogen) atoms. The number of hydrogen-bond acceptors (Lipinski definition) is 4. The molecule has 1 fully saturated rings. The summed E-state index contributed by atoms with van der Waals surface area (Å²) in [6.07, 6.45) is -4.82. The molecule has 6 nitrogen and oxygen atoms in total. The van der Waals surface area contributed by atoms with E-state index in [0.29, 0.717) is 36.5 Å². The summed E-state index contributed by atoms with van der Waals surface area (Å²) in [7, 11) is 0. The molecule has 0 spiro atoms. The van der Waals surface area contributed by atoms with Gasteiger partial charge in [-0.3, -0.25) is 9.59 Å². The van der Waals surface area contributed by atoms with Gasteiger partial charge in [-0.15, -0.1) is 0 Å². The van der Waals surface area contributed by atoms with E-state index in [1.54, 1.807) is 18.2 Å². The lowest BCUT2D eigenvalue weighted by molar-refractivity contribution is -0.138. The molecule has 164 valence electrons. The standard InChI is InChI=1S/C21H18F4N2O4/c22-14-2-1-12(16(8-14)21(23,24)25)10-26-20(29)13-7-19(28)27(11-13)15-3-4-17-18(9-15)31-6-5-30-17/h1-4,8-9,13H,5-7,10-11H2,(H,26,29)/t13-/m1/s1. The Labute approximate surface area is 174 Å². The fourth-order valence-corrected chi connectivity index (χ4v) is 3.63. The van der Waals surface area contributed by atoms with Crippen molar-refractivity contribution < 1.29 is 36.6 Å². The molecule has 2 aromatic rings. The summed E-state index contributed by atoms with van der Waals surface area (Å²) in [5.41, 5.74) is -0.856. The predicted octanol–water partition coefficient (Wildman–Crippen LogP) is 3.29. The maximum atomic E-state index is 13.2. The molecule has 2 aliphatic rings. The number of nitrogens with one attached hydrogen (secondary N) is 1. The number of benzene rings is 2. The van der Waals surface area contributed by atoms with Crippen molar-refractivity contribution in [3.63, 3.8) is 0 Å². The van der Waals surface area contributed by atoms with Gasteiger partial charge in [-0.1, -0.05) is 6.07 Å². The van der Waals surface area contributed by atoms with Crippen LogP contribution in [0.1, 0.15) is 17.5 Å². The summed E-state index contributed by atoms with van der Waals surface area (Å²) in [6.45, 7) is 0.475. The van der Waals surface area contributed by atoms with Crippen LogP contribution in [-0.4, -0.2) is 31.6 Å².